The number of likely N-dealkylation sites (tertiary alicyclic amines) is 1. The average Bonchev–Trinajstić information content (AvgIpc) is 3.43. The van der Waals surface area contributed by atoms with Gasteiger partial charge >= 0.3 is 6.09 Å². The summed E-state index contributed by atoms with van der Waals surface area (Å²) in [6.45, 7) is 0.586. The highest BCUT2D eigenvalue weighted by Crippen LogP contribution is 2.34. The third-order valence-corrected chi connectivity index (χ3v) is 5.35. The second-order valence-electron chi connectivity index (χ2n) is 7.17. The molecule has 2 atom stereocenters. The number of hydrogen-bond donors (Lipinski definition) is 2. The lowest BCUT2D eigenvalue weighted by Gasteiger charge is -2.28. The lowest BCUT2D eigenvalue weighted by Crippen LogP contribution is -2.42. The van der Waals surface area contributed by atoms with E-state index in [9.17, 15) is 9.59 Å². The average molecular weight is 402 g/mol. The van der Waals surface area contributed by atoms with Gasteiger partial charge in [0, 0.05) is 12.1 Å². The minimum atomic E-state index is -0.836. The largest absolute Gasteiger partial charge is 0.453 e. The van der Waals surface area contributed by atoms with Crippen LogP contribution in [0.4, 0.5) is 4.79 Å². The van der Waals surface area contributed by atoms with Crippen LogP contribution >= 0.6 is 0 Å². The standard InChI is InChI=1S/C23H22N4O3/c1-3-15-11-12-17-18(14-15)25-21(24-17)19-10-7-13-27(19)22(28)20(26-23(29)30-2)16-8-5-4-6-9-16/h1,4-6,8-9,11-12,14,19-20H,7,10,13H2,2H3,(H,24,25)(H,26,29)/t19?,20-/m1/s1. The first-order valence-electron chi connectivity index (χ1n) is 9.77. The summed E-state index contributed by atoms with van der Waals surface area (Å²) < 4.78 is 4.73. The zero-order valence-electron chi connectivity index (χ0n) is 16.6. The van der Waals surface area contributed by atoms with E-state index in [2.05, 4.69) is 21.2 Å². The van der Waals surface area contributed by atoms with E-state index < -0.39 is 12.1 Å². The number of benzene rings is 2. The number of imidazole rings is 1. The van der Waals surface area contributed by atoms with E-state index in [0.29, 0.717) is 12.1 Å². The number of aromatic nitrogens is 2. The van der Waals surface area contributed by atoms with Crippen molar-refractivity contribution < 1.29 is 14.3 Å². The Bertz CT molecular complexity index is 1120. The summed E-state index contributed by atoms with van der Waals surface area (Å²) in [6.07, 6.45) is 6.47. The van der Waals surface area contributed by atoms with Crippen molar-refractivity contribution in [3.8, 4) is 12.3 Å². The third-order valence-electron chi connectivity index (χ3n) is 5.35. The first kappa shape index (κ1) is 19.5. The predicted octanol–water partition coefficient (Wildman–Crippen LogP) is 3.31. The third kappa shape index (κ3) is 3.72. The lowest BCUT2D eigenvalue weighted by atomic mass is 10.1. The van der Waals surface area contributed by atoms with Gasteiger partial charge < -0.3 is 19.9 Å². The van der Waals surface area contributed by atoms with Crippen molar-refractivity contribution in [2.24, 2.45) is 0 Å². The Labute approximate surface area is 174 Å². The fourth-order valence-corrected chi connectivity index (χ4v) is 3.86. The Morgan fingerprint density at radius 3 is 2.83 bits per heavy atom. The maximum Gasteiger partial charge on any atom is 0.407 e. The second-order valence-corrected chi connectivity index (χ2v) is 7.17. The van der Waals surface area contributed by atoms with Gasteiger partial charge in [-0.25, -0.2) is 9.78 Å². The van der Waals surface area contributed by atoms with Crippen LogP contribution in [-0.4, -0.2) is 40.5 Å². The number of alkyl carbamates (subject to hydrolysis) is 1. The predicted molar refractivity (Wildman–Crippen MR) is 112 cm³/mol. The molecule has 2 aromatic carbocycles. The van der Waals surface area contributed by atoms with Crippen LogP contribution in [0.1, 0.15) is 41.9 Å². The molecule has 0 radical (unpaired) electrons. The van der Waals surface area contributed by atoms with Gasteiger partial charge in [-0.1, -0.05) is 36.3 Å². The Morgan fingerprint density at radius 2 is 2.10 bits per heavy atom. The summed E-state index contributed by atoms with van der Waals surface area (Å²) >= 11 is 0. The maximum atomic E-state index is 13.5. The molecule has 1 fully saturated rings. The number of H-pyrrole nitrogens is 1. The van der Waals surface area contributed by atoms with Crippen molar-refractivity contribution in [1.29, 1.82) is 0 Å². The highest BCUT2D eigenvalue weighted by molar-refractivity contribution is 5.87. The number of amides is 2. The number of hydrogen-bond acceptors (Lipinski definition) is 4. The molecule has 1 unspecified atom stereocenters. The van der Waals surface area contributed by atoms with Crippen LogP contribution in [-0.2, 0) is 9.53 Å². The quantitative estimate of drug-likeness (QED) is 0.656. The molecule has 4 rings (SSSR count). The molecule has 2 amide bonds. The van der Waals surface area contributed by atoms with E-state index in [1.165, 1.54) is 7.11 Å². The number of nitrogens with one attached hydrogen (secondary N) is 2. The van der Waals surface area contributed by atoms with E-state index in [-0.39, 0.29) is 11.9 Å². The molecule has 0 saturated carbocycles. The van der Waals surface area contributed by atoms with Crippen LogP contribution in [0.5, 0.6) is 0 Å². The van der Waals surface area contributed by atoms with E-state index in [4.69, 9.17) is 11.2 Å². The van der Waals surface area contributed by atoms with Crippen LogP contribution in [0, 0.1) is 12.3 Å². The highest BCUT2D eigenvalue weighted by Gasteiger charge is 2.37. The maximum absolute atomic E-state index is 13.5. The summed E-state index contributed by atoms with van der Waals surface area (Å²) in [7, 11) is 1.28. The van der Waals surface area contributed by atoms with Crippen LogP contribution in [0.25, 0.3) is 11.0 Å². The van der Waals surface area contributed by atoms with Crippen LogP contribution < -0.4 is 5.32 Å². The number of carbonyl (C=O) groups is 2. The molecule has 7 nitrogen and oxygen atoms in total. The second kappa shape index (κ2) is 8.29. The molecule has 30 heavy (non-hydrogen) atoms. The number of fused-ring (bicyclic) bond motifs is 1. The molecule has 1 aliphatic rings. The van der Waals surface area contributed by atoms with E-state index in [1.54, 1.807) is 4.90 Å². The van der Waals surface area contributed by atoms with Gasteiger partial charge in [-0.3, -0.25) is 4.79 Å². The van der Waals surface area contributed by atoms with Gasteiger partial charge in [-0.15, -0.1) is 6.42 Å². The first-order chi connectivity index (χ1) is 14.6. The molecule has 0 aliphatic carbocycles. The molecule has 3 aromatic rings. The van der Waals surface area contributed by atoms with E-state index >= 15 is 0 Å². The zero-order chi connectivity index (χ0) is 21.1. The summed E-state index contributed by atoms with van der Waals surface area (Å²) in [6, 6.07) is 13.7. The number of ether oxygens (including phenoxy) is 1. The van der Waals surface area contributed by atoms with Crippen molar-refractivity contribution in [2.45, 2.75) is 24.9 Å². The fourth-order valence-electron chi connectivity index (χ4n) is 3.86. The van der Waals surface area contributed by atoms with E-state index in [1.807, 2.05) is 48.5 Å². The lowest BCUT2D eigenvalue weighted by molar-refractivity contribution is -0.134. The number of terminal acetylenes is 1. The molecule has 2 heterocycles. The smallest absolute Gasteiger partial charge is 0.407 e. The SMILES string of the molecule is C#Cc1ccc2[nH]c(C3CCCN3C(=O)[C@H](NC(=O)OC)c3ccccc3)nc2c1. The highest BCUT2D eigenvalue weighted by atomic mass is 16.5. The van der Waals surface area contributed by atoms with Gasteiger partial charge in [-0.05, 0) is 36.6 Å². The van der Waals surface area contributed by atoms with Crippen molar-refractivity contribution in [1.82, 2.24) is 20.2 Å². The summed E-state index contributed by atoms with van der Waals surface area (Å²) in [5.74, 6) is 3.13. The monoisotopic (exact) mass is 402 g/mol. The first-order valence-corrected chi connectivity index (χ1v) is 9.77. The number of carbonyl (C=O) groups excluding carboxylic acids is 2. The number of methoxy groups -OCH3 is 1. The number of rotatable bonds is 4. The molecule has 0 spiro atoms. The molecular weight excluding hydrogens is 380 g/mol. The summed E-state index contributed by atoms with van der Waals surface area (Å²) in [4.78, 5) is 35.2. The Balaban J connectivity index is 1.65. The summed E-state index contributed by atoms with van der Waals surface area (Å²) in [5, 5.41) is 2.67. The van der Waals surface area contributed by atoms with Crippen molar-refractivity contribution >= 4 is 23.0 Å². The minimum absolute atomic E-state index is 0.195. The molecular formula is C23H22N4O3. The number of nitrogens with zero attached hydrogens (tertiary/aromatic N) is 2. The van der Waals surface area contributed by atoms with Gasteiger partial charge in [0.2, 0.25) is 0 Å². The molecule has 1 aliphatic heterocycles. The Kier molecular flexibility index (Phi) is 5.40. The Hall–Kier alpha value is -3.79. The molecule has 0 bridgehead atoms. The number of aromatic amines is 1. The minimum Gasteiger partial charge on any atom is -0.453 e. The zero-order valence-corrected chi connectivity index (χ0v) is 16.6. The van der Waals surface area contributed by atoms with Crippen molar-refractivity contribution in [3.63, 3.8) is 0 Å². The van der Waals surface area contributed by atoms with Crippen LogP contribution in [0.15, 0.2) is 48.5 Å². The molecule has 1 saturated heterocycles. The fraction of sp³-hybridized carbons (Fsp3) is 0.261. The summed E-state index contributed by atoms with van der Waals surface area (Å²) in [5.41, 5.74) is 3.09. The van der Waals surface area contributed by atoms with Crippen LogP contribution in [0.2, 0.25) is 0 Å². The van der Waals surface area contributed by atoms with Gasteiger partial charge in [-0.2, -0.15) is 0 Å². The van der Waals surface area contributed by atoms with Crippen molar-refractivity contribution in [2.75, 3.05) is 13.7 Å². The molecule has 152 valence electrons. The molecule has 2 N–H and O–H groups in total. The Morgan fingerprint density at radius 1 is 1.30 bits per heavy atom. The van der Waals surface area contributed by atoms with Gasteiger partial charge in [0.15, 0.2) is 0 Å². The normalized spacial score (nSPS) is 16.8. The van der Waals surface area contributed by atoms with Crippen LogP contribution in [0.3, 0.4) is 0 Å². The van der Waals surface area contributed by atoms with Gasteiger partial charge in [0.05, 0.1) is 24.2 Å². The van der Waals surface area contributed by atoms with Gasteiger partial charge in [0.25, 0.3) is 5.91 Å². The van der Waals surface area contributed by atoms with E-state index in [0.717, 1.165) is 35.3 Å². The van der Waals surface area contributed by atoms with Gasteiger partial charge in [0.1, 0.15) is 11.9 Å². The topological polar surface area (TPSA) is 87.3 Å². The molecule has 7 heteroatoms. The van der Waals surface area contributed by atoms with Crippen molar-refractivity contribution in [3.05, 3.63) is 65.5 Å². The molecule has 1 aromatic heterocycles.